The molecule has 0 fully saturated rings. The molecule has 3 aromatic rings. The summed E-state index contributed by atoms with van der Waals surface area (Å²) >= 11 is 6.34. The van der Waals surface area contributed by atoms with Gasteiger partial charge in [-0.05, 0) is 37.6 Å². The molecule has 8 heteroatoms. The summed E-state index contributed by atoms with van der Waals surface area (Å²) in [6.07, 6.45) is 1.47. The van der Waals surface area contributed by atoms with Crippen LogP contribution in [0, 0.1) is 0 Å². The van der Waals surface area contributed by atoms with E-state index in [1.807, 2.05) is 42.7 Å². The number of anilines is 1. The molecule has 2 aromatic heterocycles. The first-order chi connectivity index (χ1) is 14.1. The van der Waals surface area contributed by atoms with Crippen molar-refractivity contribution in [1.82, 2.24) is 14.5 Å². The molecular weight excluding hydrogens is 416 g/mol. The Hall–Kier alpha value is -2.22. The Bertz CT molecular complexity index is 1130. The van der Waals surface area contributed by atoms with Crippen molar-refractivity contribution < 1.29 is 9.53 Å². The highest BCUT2D eigenvalue weighted by molar-refractivity contribution is 6.76. The summed E-state index contributed by atoms with van der Waals surface area (Å²) in [5, 5.41) is 4.20. The number of carbonyl (C=O) groups is 1. The van der Waals surface area contributed by atoms with Gasteiger partial charge in [-0.3, -0.25) is 4.79 Å². The van der Waals surface area contributed by atoms with Gasteiger partial charge in [-0.1, -0.05) is 43.4 Å². The first-order valence-corrected chi connectivity index (χ1v) is 14.2. The number of halogens is 1. The topological polar surface area (TPSA) is 69.0 Å². The number of hydrogen-bond acceptors (Lipinski definition) is 4. The predicted molar refractivity (Wildman–Crippen MR) is 124 cm³/mol. The van der Waals surface area contributed by atoms with Crippen LogP contribution in [-0.4, -0.2) is 35.1 Å². The van der Waals surface area contributed by atoms with Gasteiger partial charge in [-0.2, -0.15) is 0 Å². The average Bonchev–Trinajstić information content (AvgIpc) is 3.14. The van der Waals surface area contributed by atoms with Crippen molar-refractivity contribution in [1.29, 1.82) is 0 Å². The number of amides is 1. The van der Waals surface area contributed by atoms with E-state index in [1.54, 1.807) is 0 Å². The van der Waals surface area contributed by atoms with Crippen molar-refractivity contribution in [3.8, 4) is 11.3 Å². The molecule has 0 saturated carbocycles. The van der Waals surface area contributed by atoms with Crippen molar-refractivity contribution in [2.75, 3.05) is 11.9 Å². The number of aromatic nitrogens is 3. The fourth-order valence-electron chi connectivity index (χ4n) is 3.69. The molecule has 0 unspecified atom stereocenters. The number of benzene rings is 1. The summed E-state index contributed by atoms with van der Waals surface area (Å²) in [5.74, 6) is 0.0128. The number of carbonyl (C=O) groups excluding carboxylic acids is 1. The lowest BCUT2D eigenvalue weighted by atomic mass is 9.86. The maximum atomic E-state index is 12.3. The fraction of sp³-hybridized carbons (Fsp3) is 0.409. The second-order valence-corrected chi connectivity index (χ2v) is 15.5. The highest BCUT2D eigenvalue weighted by Crippen LogP contribution is 2.40. The average molecular weight is 443 g/mol. The Morgan fingerprint density at radius 1 is 1.20 bits per heavy atom. The van der Waals surface area contributed by atoms with Crippen molar-refractivity contribution in [2.24, 2.45) is 0 Å². The number of ether oxygens (including phenoxy) is 1. The van der Waals surface area contributed by atoms with Gasteiger partial charge >= 0.3 is 0 Å². The van der Waals surface area contributed by atoms with Crippen LogP contribution in [-0.2, 0) is 21.7 Å². The lowest BCUT2D eigenvalue weighted by Gasteiger charge is -2.17. The van der Waals surface area contributed by atoms with E-state index in [1.165, 1.54) is 6.33 Å². The summed E-state index contributed by atoms with van der Waals surface area (Å²) in [6.45, 7) is 12.0. The van der Waals surface area contributed by atoms with Crippen LogP contribution in [0.25, 0.3) is 22.3 Å². The van der Waals surface area contributed by atoms with E-state index in [2.05, 4.69) is 34.9 Å². The highest BCUT2D eigenvalue weighted by atomic mass is 35.5. The van der Waals surface area contributed by atoms with Gasteiger partial charge in [0.2, 0.25) is 5.91 Å². The Kier molecular flexibility index (Phi) is 5.24. The van der Waals surface area contributed by atoms with Gasteiger partial charge in [-0.25, -0.2) is 9.97 Å². The van der Waals surface area contributed by atoms with Crippen LogP contribution in [0.3, 0.4) is 0 Å². The normalized spacial score (nSPS) is 15.5. The molecule has 3 heterocycles. The standard InChI is InChI=1S/C22H27ClN4O2Si/c1-22(2)16-7-6-14(10-17(16)26-21(22)28)18-11-15-19(23)24-12-25-20(15)27(18)13-29-8-9-30(3,4)5/h6-7,10-12H,8-9,13H2,1-5H3,(H,26,28). The molecule has 0 aliphatic carbocycles. The largest absolute Gasteiger partial charge is 0.361 e. The van der Waals surface area contributed by atoms with E-state index in [0.717, 1.165) is 39.6 Å². The molecule has 30 heavy (non-hydrogen) atoms. The third kappa shape index (κ3) is 3.77. The Morgan fingerprint density at radius 3 is 2.70 bits per heavy atom. The maximum Gasteiger partial charge on any atom is 0.234 e. The van der Waals surface area contributed by atoms with Gasteiger partial charge in [-0.15, -0.1) is 0 Å². The predicted octanol–water partition coefficient (Wildman–Crippen LogP) is 5.29. The van der Waals surface area contributed by atoms with E-state index in [-0.39, 0.29) is 5.91 Å². The monoisotopic (exact) mass is 442 g/mol. The minimum atomic E-state index is -1.17. The van der Waals surface area contributed by atoms with Crippen LogP contribution in [0.2, 0.25) is 30.8 Å². The zero-order valence-electron chi connectivity index (χ0n) is 18.0. The summed E-state index contributed by atoms with van der Waals surface area (Å²) in [7, 11) is -1.17. The number of rotatable bonds is 6. The van der Waals surface area contributed by atoms with Gasteiger partial charge in [0.1, 0.15) is 23.9 Å². The Labute approximate surface area is 182 Å². The zero-order valence-corrected chi connectivity index (χ0v) is 19.8. The molecule has 1 aliphatic rings. The second kappa shape index (κ2) is 7.48. The van der Waals surface area contributed by atoms with Gasteiger partial charge < -0.3 is 14.6 Å². The molecule has 1 N–H and O–H groups in total. The van der Waals surface area contributed by atoms with E-state index in [9.17, 15) is 4.79 Å². The van der Waals surface area contributed by atoms with Crippen molar-refractivity contribution in [2.45, 2.75) is 51.7 Å². The van der Waals surface area contributed by atoms with Crippen LogP contribution >= 0.6 is 11.6 Å². The van der Waals surface area contributed by atoms with E-state index < -0.39 is 13.5 Å². The first kappa shape index (κ1) is 21.0. The molecule has 158 valence electrons. The summed E-state index contributed by atoms with van der Waals surface area (Å²) in [5.41, 5.74) is 3.95. The molecule has 4 rings (SSSR count). The molecular formula is C22H27ClN4O2Si. The van der Waals surface area contributed by atoms with Crippen molar-refractivity contribution in [3.63, 3.8) is 0 Å². The molecule has 0 atom stereocenters. The number of hydrogen-bond donors (Lipinski definition) is 1. The van der Waals surface area contributed by atoms with Gasteiger partial charge in [0.25, 0.3) is 0 Å². The van der Waals surface area contributed by atoms with Gasteiger partial charge in [0, 0.05) is 25.9 Å². The van der Waals surface area contributed by atoms with Crippen LogP contribution in [0.5, 0.6) is 0 Å². The van der Waals surface area contributed by atoms with E-state index in [4.69, 9.17) is 16.3 Å². The van der Waals surface area contributed by atoms with Crippen LogP contribution < -0.4 is 5.32 Å². The highest BCUT2D eigenvalue weighted by Gasteiger charge is 2.38. The number of nitrogens with one attached hydrogen (secondary N) is 1. The third-order valence-corrected chi connectivity index (χ3v) is 7.67. The second-order valence-electron chi connectivity index (χ2n) is 9.55. The summed E-state index contributed by atoms with van der Waals surface area (Å²) < 4.78 is 8.06. The van der Waals surface area contributed by atoms with Crippen LogP contribution in [0.4, 0.5) is 5.69 Å². The lowest BCUT2D eigenvalue weighted by Crippen LogP contribution is -2.26. The van der Waals surface area contributed by atoms with Crippen molar-refractivity contribution >= 4 is 42.3 Å². The molecule has 6 nitrogen and oxygen atoms in total. The fourth-order valence-corrected chi connectivity index (χ4v) is 4.63. The van der Waals surface area contributed by atoms with Gasteiger partial charge in [0.05, 0.1) is 16.5 Å². The zero-order chi connectivity index (χ0) is 21.7. The smallest absolute Gasteiger partial charge is 0.234 e. The molecule has 0 spiro atoms. The molecule has 1 amide bonds. The summed E-state index contributed by atoms with van der Waals surface area (Å²) in [6, 6.07) is 9.15. The van der Waals surface area contributed by atoms with Crippen LogP contribution in [0.15, 0.2) is 30.6 Å². The molecule has 0 bridgehead atoms. The summed E-state index contributed by atoms with van der Waals surface area (Å²) in [4.78, 5) is 20.9. The Morgan fingerprint density at radius 2 is 1.97 bits per heavy atom. The molecule has 1 aliphatic heterocycles. The molecule has 1 aromatic carbocycles. The molecule has 0 saturated heterocycles. The maximum absolute atomic E-state index is 12.3. The SMILES string of the molecule is CC1(C)C(=O)Nc2cc(-c3cc4c(Cl)ncnc4n3COCC[Si](C)(C)C)ccc21. The minimum absolute atomic E-state index is 0.0128. The number of fused-ring (bicyclic) bond motifs is 2. The lowest BCUT2D eigenvalue weighted by molar-refractivity contribution is -0.119. The molecule has 0 radical (unpaired) electrons. The van der Waals surface area contributed by atoms with E-state index in [0.29, 0.717) is 18.5 Å². The van der Waals surface area contributed by atoms with Crippen molar-refractivity contribution in [3.05, 3.63) is 41.3 Å². The quantitative estimate of drug-likeness (QED) is 0.319. The minimum Gasteiger partial charge on any atom is -0.361 e. The number of nitrogens with zero attached hydrogens (tertiary/aromatic N) is 3. The first-order valence-electron chi connectivity index (χ1n) is 10.1. The van der Waals surface area contributed by atoms with E-state index >= 15 is 0 Å². The Balaban J connectivity index is 1.73. The van der Waals surface area contributed by atoms with Gasteiger partial charge in [0.15, 0.2) is 0 Å². The third-order valence-electron chi connectivity index (χ3n) is 5.66. The van der Waals surface area contributed by atoms with Crippen LogP contribution in [0.1, 0.15) is 19.4 Å².